The average molecular weight is 399 g/mol. The normalized spacial score (nSPS) is 11.0. The number of halogens is 2. The molecule has 0 saturated carbocycles. The van der Waals surface area contributed by atoms with Crippen LogP contribution in [0.4, 0.5) is 20.2 Å². The number of rotatable bonds is 4. The lowest BCUT2D eigenvalue weighted by molar-refractivity contribution is 0.568. The van der Waals surface area contributed by atoms with Gasteiger partial charge in [-0.2, -0.15) is 0 Å². The van der Waals surface area contributed by atoms with E-state index in [0.717, 1.165) is 11.1 Å². The van der Waals surface area contributed by atoms with E-state index >= 15 is 4.39 Å². The molecule has 0 saturated heterocycles. The molecule has 6 heteroatoms. The van der Waals surface area contributed by atoms with Crippen molar-refractivity contribution in [3.8, 4) is 22.4 Å². The number of furan rings is 1. The third-order valence-electron chi connectivity index (χ3n) is 4.86. The summed E-state index contributed by atoms with van der Waals surface area (Å²) in [6, 6.07) is 16.8. The van der Waals surface area contributed by atoms with Gasteiger partial charge in [0.15, 0.2) is 5.82 Å². The predicted molar refractivity (Wildman–Crippen MR) is 112 cm³/mol. The zero-order valence-electron chi connectivity index (χ0n) is 15.6. The SMILES string of the molecule is Fc1ccccc1-c1nc2ccc(-c3ccoc3)cc2c(Nc2ccncc2)c1F. The summed E-state index contributed by atoms with van der Waals surface area (Å²) in [7, 11) is 0. The monoisotopic (exact) mass is 399 g/mol. The standard InChI is InChI=1S/C24H15F2N3O/c25-20-4-2-1-3-18(20)23-22(26)24(28-17-7-10-27-11-8-17)19-13-15(5-6-21(19)29-23)16-9-12-30-14-16/h1-14H,(H,27,28,29). The van der Waals surface area contributed by atoms with Crippen molar-refractivity contribution in [2.75, 3.05) is 5.32 Å². The second-order valence-corrected chi connectivity index (χ2v) is 6.73. The van der Waals surface area contributed by atoms with E-state index in [1.807, 2.05) is 18.2 Å². The third kappa shape index (κ3) is 3.18. The minimum absolute atomic E-state index is 0.0479. The number of hydrogen-bond donors (Lipinski definition) is 1. The lowest BCUT2D eigenvalue weighted by Crippen LogP contribution is -2.01. The van der Waals surface area contributed by atoms with Gasteiger partial charge in [-0.15, -0.1) is 0 Å². The van der Waals surface area contributed by atoms with Crippen LogP contribution >= 0.6 is 0 Å². The highest BCUT2D eigenvalue weighted by molar-refractivity contribution is 5.98. The summed E-state index contributed by atoms with van der Waals surface area (Å²) in [6.07, 6.45) is 6.42. The first-order valence-electron chi connectivity index (χ1n) is 9.28. The van der Waals surface area contributed by atoms with Gasteiger partial charge in [-0.25, -0.2) is 13.8 Å². The fourth-order valence-corrected chi connectivity index (χ4v) is 3.38. The molecule has 0 amide bonds. The van der Waals surface area contributed by atoms with Gasteiger partial charge < -0.3 is 9.73 Å². The molecule has 5 aromatic rings. The molecule has 0 bridgehead atoms. The van der Waals surface area contributed by atoms with Crippen LogP contribution in [-0.4, -0.2) is 9.97 Å². The van der Waals surface area contributed by atoms with Crippen molar-refractivity contribution in [1.82, 2.24) is 9.97 Å². The summed E-state index contributed by atoms with van der Waals surface area (Å²) < 4.78 is 35.3. The van der Waals surface area contributed by atoms with Gasteiger partial charge in [-0.05, 0) is 48.0 Å². The largest absolute Gasteiger partial charge is 0.472 e. The Morgan fingerprint density at radius 3 is 2.47 bits per heavy atom. The summed E-state index contributed by atoms with van der Waals surface area (Å²) in [5, 5.41) is 3.69. The molecule has 2 aromatic carbocycles. The first-order chi connectivity index (χ1) is 14.7. The van der Waals surface area contributed by atoms with Crippen molar-refractivity contribution in [2.45, 2.75) is 0 Å². The van der Waals surface area contributed by atoms with Crippen LogP contribution in [0, 0.1) is 11.6 Å². The van der Waals surface area contributed by atoms with Crippen LogP contribution in [0.1, 0.15) is 0 Å². The van der Waals surface area contributed by atoms with Gasteiger partial charge in [-0.1, -0.05) is 18.2 Å². The van der Waals surface area contributed by atoms with E-state index in [2.05, 4.69) is 15.3 Å². The van der Waals surface area contributed by atoms with Gasteiger partial charge in [0.05, 0.1) is 23.7 Å². The van der Waals surface area contributed by atoms with Gasteiger partial charge >= 0.3 is 0 Å². The first kappa shape index (κ1) is 18.0. The molecular formula is C24H15F2N3O. The lowest BCUT2D eigenvalue weighted by Gasteiger charge is -2.15. The van der Waals surface area contributed by atoms with E-state index in [1.165, 1.54) is 12.1 Å². The summed E-state index contributed by atoms with van der Waals surface area (Å²) in [4.78, 5) is 8.43. The van der Waals surface area contributed by atoms with Crippen molar-refractivity contribution in [3.63, 3.8) is 0 Å². The van der Waals surface area contributed by atoms with E-state index in [4.69, 9.17) is 4.42 Å². The van der Waals surface area contributed by atoms with Crippen molar-refractivity contribution in [2.24, 2.45) is 0 Å². The minimum Gasteiger partial charge on any atom is -0.472 e. The molecule has 0 fully saturated rings. The Labute approximate surface area is 170 Å². The van der Waals surface area contributed by atoms with Crippen LogP contribution in [0.5, 0.6) is 0 Å². The Kier molecular flexibility index (Phi) is 4.44. The summed E-state index contributed by atoms with van der Waals surface area (Å²) in [5.41, 5.74) is 3.19. The Morgan fingerprint density at radius 1 is 0.867 bits per heavy atom. The van der Waals surface area contributed by atoms with E-state index < -0.39 is 11.6 Å². The van der Waals surface area contributed by atoms with Gasteiger partial charge in [-0.3, -0.25) is 4.98 Å². The maximum Gasteiger partial charge on any atom is 0.173 e. The van der Waals surface area contributed by atoms with Crippen molar-refractivity contribution in [3.05, 3.63) is 97.2 Å². The Morgan fingerprint density at radius 2 is 1.70 bits per heavy atom. The number of anilines is 2. The summed E-state index contributed by atoms with van der Waals surface area (Å²) in [6.45, 7) is 0. The second kappa shape index (κ2) is 7.40. The first-order valence-corrected chi connectivity index (χ1v) is 9.28. The minimum atomic E-state index is -0.631. The van der Waals surface area contributed by atoms with Crippen molar-refractivity contribution >= 4 is 22.3 Å². The molecule has 0 spiro atoms. The van der Waals surface area contributed by atoms with Crippen molar-refractivity contribution in [1.29, 1.82) is 0 Å². The van der Waals surface area contributed by atoms with Gasteiger partial charge in [0.1, 0.15) is 11.5 Å². The predicted octanol–water partition coefficient (Wildman–Crippen LogP) is 6.58. The lowest BCUT2D eigenvalue weighted by atomic mass is 10.0. The Balaban J connectivity index is 1.77. The van der Waals surface area contributed by atoms with Crippen LogP contribution in [0.3, 0.4) is 0 Å². The maximum atomic E-state index is 15.7. The zero-order chi connectivity index (χ0) is 20.5. The Hall–Kier alpha value is -4.06. The number of benzene rings is 2. The van der Waals surface area contributed by atoms with Crippen LogP contribution < -0.4 is 5.32 Å². The van der Waals surface area contributed by atoms with Crippen LogP contribution in [0.2, 0.25) is 0 Å². The van der Waals surface area contributed by atoms with Crippen LogP contribution in [-0.2, 0) is 0 Å². The third-order valence-corrected chi connectivity index (χ3v) is 4.86. The topological polar surface area (TPSA) is 51.0 Å². The molecule has 0 radical (unpaired) electrons. The fraction of sp³-hybridized carbons (Fsp3) is 0. The molecule has 3 aromatic heterocycles. The average Bonchev–Trinajstić information content (AvgIpc) is 3.31. The summed E-state index contributed by atoms with van der Waals surface area (Å²) in [5.74, 6) is -1.16. The van der Waals surface area contributed by atoms with E-state index in [0.29, 0.717) is 16.6 Å². The highest BCUT2D eigenvalue weighted by Gasteiger charge is 2.19. The molecule has 3 heterocycles. The molecule has 5 rings (SSSR count). The van der Waals surface area contributed by atoms with Gasteiger partial charge in [0.25, 0.3) is 0 Å². The quantitative estimate of drug-likeness (QED) is 0.371. The van der Waals surface area contributed by atoms with E-state index in [1.54, 1.807) is 55.3 Å². The highest BCUT2D eigenvalue weighted by atomic mass is 19.1. The molecular weight excluding hydrogens is 384 g/mol. The van der Waals surface area contributed by atoms with Crippen LogP contribution in [0.25, 0.3) is 33.3 Å². The van der Waals surface area contributed by atoms with Crippen LogP contribution in [0.15, 0.2) is 90.0 Å². The molecule has 0 aliphatic heterocycles. The van der Waals surface area contributed by atoms with E-state index in [-0.39, 0.29) is 16.9 Å². The fourth-order valence-electron chi connectivity index (χ4n) is 3.38. The van der Waals surface area contributed by atoms with Gasteiger partial charge in [0, 0.05) is 34.6 Å². The van der Waals surface area contributed by atoms with E-state index in [9.17, 15) is 4.39 Å². The number of nitrogens with one attached hydrogen (secondary N) is 1. The molecule has 4 nitrogen and oxygen atoms in total. The molecule has 0 aliphatic rings. The maximum absolute atomic E-state index is 15.7. The van der Waals surface area contributed by atoms with Gasteiger partial charge in [0.2, 0.25) is 0 Å². The number of nitrogens with zero attached hydrogens (tertiary/aromatic N) is 2. The molecule has 0 unspecified atom stereocenters. The molecule has 0 aliphatic carbocycles. The second-order valence-electron chi connectivity index (χ2n) is 6.73. The highest BCUT2D eigenvalue weighted by Crippen LogP contribution is 2.37. The summed E-state index contributed by atoms with van der Waals surface area (Å²) >= 11 is 0. The Bertz CT molecular complexity index is 1340. The smallest absolute Gasteiger partial charge is 0.173 e. The van der Waals surface area contributed by atoms with Crippen molar-refractivity contribution < 1.29 is 13.2 Å². The molecule has 146 valence electrons. The molecule has 30 heavy (non-hydrogen) atoms. The number of aromatic nitrogens is 2. The zero-order valence-corrected chi connectivity index (χ0v) is 15.6. The molecule has 0 atom stereocenters. The number of pyridine rings is 2. The molecule has 1 N–H and O–H groups in total. The number of hydrogen-bond acceptors (Lipinski definition) is 4. The number of fused-ring (bicyclic) bond motifs is 1.